The molecule has 0 bridgehead atoms. The number of aromatic nitrogens is 3. The SMILES string of the molecule is C[C@@H]1C[C@@H]1C(=O)Nc1ccc(C(=O)NCc2nc3ncccc3[nH]2)cc1. The highest BCUT2D eigenvalue weighted by Gasteiger charge is 2.39. The number of carbonyl (C=O) groups excluding carboxylic acids is 2. The summed E-state index contributed by atoms with van der Waals surface area (Å²) in [6, 6.07) is 10.6. The van der Waals surface area contributed by atoms with Gasteiger partial charge < -0.3 is 15.6 Å². The number of amides is 2. The number of nitrogens with one attached hydrogen (secondary N) is 3. The molecule has 0 saturated heterocycles. The van der Waals surface area contributed by atoms with Crippen LogP contribution in [0.3, 0.4) is 0 Å². The van der Waals surface area contributed by atoms with Gasteiger partial charge in [0.15, 0.2) is 5.65 Å². The van der Waals surface area contributed by atoms with Gasteiger partial charge in [-0.25, -0.2) is 9.97 Å². The van der Waals surface area contributed by atoms with E-state index >= 15 is 0 Å². The van der Waals surface area contributed by atoms with Crippen molar-refractivity contribution in [1.29, 1.82) is 0 Å². The number of fused-ring (bicyclic) bond motifs is 1. The third-order valence-electron chi connectivity index (χ3n) is 4.58. The Morgan fingerprint density at radius 1 is 1.23 bits per heavy atom. The standard InChI is InChI=1S/C19H19N5O2/c1-11-9-14(11)19(26)22-13-6-4-12(5-7-13)18(25)21-10-16-23-15-3-2-8-20-17(15)24-16/h2-8,11,14H,9-10H2,1H3,(H,21,25)(H,22,26)(H,20,23,24)/t11-,14+/m1/s1. The predicted molar refractivity (Wildman–Crippen MR) is 97.4 cm³/mol. The fraction of sp³-hybridized carbons (Fsp3) is 0.263. The summed E-state index contributed by atoms with van der Waals surface area (Å²) in [5.74, 6) is 1.08. The summed E-state index contributed by atoms with van der Waals surface area (Å²) >= 11 is 0. The molecule has 0 radical (unpaired) electrons. The lowest BCUT2D eigenvalue weighted by Gasteiger charge is -2.07. The van der Waals surface area contributed by atoms with Crippen LogP contribution in [0.15, 0.2) is 42.6 Å². The van der Waals surface area contributed by atoms with Crippen molar-refractivity contribution >= 4 is 28.7 Å². The highest BCUT2D eigenvalue weighted by Crippen LogP contribution is 2.38. The highest BCUT2D eigenvalue weighted by atomic mass is 16.2. The monoisotopic (exact) mass is 349 g/mol. The fourth-order valence-corrected chi connectivity index (χ4v) is 2.87. The Kier molecular flexibility index (Phi) is 4.12. The Hall–Kier alpha value is -3.22. The molecule has 1 aliphatic carbocycles. The Morgan fingerprint density at radius 2 is 2.00 bits per heavy atom. The molecule has 7 nitrogen and oxygen atoms in total. The number of hydrogen-bond acceptors (Lipinski definition) is 4. The quantitative estimate of drug-likeness (QED) is 0.659. The van der Waals surface area contributed by atoms with Gasteiger partial charge in [-0.05, 0) is 48.7 Å². The van der Waals surface area contributed by atoms with Crippen molar-refractivity contribution in [3.63, 3.8) is 0 Å². The number of H-pyrrole nitrogens is 1. The van der Waals surface area contributed by atoms with Crippen LogP contribution in [0.5, 0.6) is 0 Å². The first kappa shape index (κ1) is 16.3. The van der Waals surface area contributed by atoms with E-state index in [-0.39, 0.29) is 24.3 Å². The highest BCUT2D eigenvalue weighted by molar-refractivity contribution is 5.97. The maximum Gasteiger partial charge on any atom is 0.251 e. The van der Waals surface area contributed by atoms with Gasteiger partial charge in [-0.2, -0.15) is 0 Å². The van der Waals surface area contributed by atoms with E-state index in [0.717, 1.165) is 11.9 Å². The molecule has 3 N–H and O–H groups in total. The van der Waals surface area contributed by atoms with Crippen LogP contribution < -0.4 is 10.6 Å². The number of pyridine rings is 1. The van der Waals surface area contributed by atoms with Crippen LogP contribution in [0.4, 0.5) is 5.69 Å². The largest absolute Gasteiger partial charge is 0.345 e. The first-order valence-electron chi connectivity index (χ1n) is 8.59. The van der Waals surface area contributed by atoms with Crippen molar-refractivity contribution in [3.8, 4) is 0 Å². The van der Waals surface area contributed by atoms with Crippen LogP contribution in [0.25, 0.3) is 11.2 Å². The molecule has 132 valence electrons. The predicted octanol–water partition coefficient (Wildman–Crippen LogP) is 2.48. The lowest BCUT2D eigenvalue weighted by Crippen LogP contribution is -2.23. The van der Waals surface area contributed by atoms with Gasteiger partial charge in [0.05, 0.1) is 12.1 Å². The van der Waals surface area contributed by atoms with E-state index in [1.54, 1.807) is 30.5 Å². The molecule has 26 heavy (non-hydrogen) atoms. The van der Waals surface area contributed by atoms with Crippen molar-refractivity contribution in [2.45, 2.75) is 19.9 Å². The van der Waals surface area contributed by atoms with E-state index in [0.29, 0.717) is 28.6 Å². The normalized spacial score (nSPS) is 18.5. The fourth-order valence-electron chi connectivity index (χ4n) is 2.87. The molecule has 1 aromatic carbocycles. The summed E-state index contributed by atoms with van der Waals surface area (Å²) in [5, 5.41) is 5.70. The molecular formula is C19H19N5O2. The summed E-state index contributed by atoms with van der Waals surface area (Å²) in [6.07, 6.45) is 2.62. The zero-order valence-corrected chi connectivity index (χ0v) is 14.3. The van der Waals surface area contributed by atoms with Crippen LogP contribution in [-0.2, 0) is 11.3 Å². The summed E-state index contributed by atoms with van der Waals surface area (Å²) in [4.78, 5) is 35.8. The van der Waals surface area contributed by atoms with E-state index in [2.05, 4.69) is 32.5 Å². The maximum absolute atomic E-state index is 12.3. The second kappa shape index (κ2) is 6.59. The number of aromatic amines is 1. The number of anilines is 1. The molecule has 0 unspecified atom stereocenters. The molecule has 1 aliphatic rings. The molecule has 2 atom stereocenters. The molecule has 2 aromatic heterocycles. The van der Waals surface area contributed by atoms with Gasteiger partial charge in [-0.15, -0.1) is 0 Å². The zero-order chi connectivity index (χ0) is 18.1. The average molecular weight is 349 g/mol. The number of rotatable bonds is 5. The van der Waals surface area contributed by atoms with E-state index in [1.807, 2.05) is 12.1 Å². The van der Waals surface area contributed by atoms with Gasteiger partial charge >= 0.3 is 0 Å². The number of hydrogen-bond donors (Lipinski definition) is 3. The Balaban J connectivity index is 1.34. The van der Waals surface area contributed by atoms with Gasteiger partial charge in [0, 0.05) is 23.4 Å². The van der Waals surface area contributed by atoms with E-state index in [1.165, 1.54) is 0 Å². The second-order valence-corrected chi connectivity index (χ2v) is 6.63. The van der Waals surface area contributed by atoms with Crippen LogP contribution in [0, 0.1) is 11.8 Å². The molecule has 1 fully saturated rings. The van der Waals surface area contributed by atoms with Crippen molar-refractivity contribution in [2.24, 2.45) is 11.8 Å². The van der Waals surface area contributed by atoms with Crippen molar-refractivity contribution < 1.29 is 9.59 Å². The first-order chi connectivity index (χ1) is 12.6. The zero-order valence-electron chi connectivity index (χ0n) is 14.3. The van der Waals surface area contributed by atoms with Gasteiger partial charge in [-0.3, -0.25) is 9.59 Å². The van der Waals surface area contributed by atoms with E-state index in [9.17, 15) is 9.59 Å². The van der Waals surface area contributed by atoms with Gasteiger partial charge in [-0.1, -0.05) is 6.92 Å². The number of benzene rings is 1. The average Bonchev–Trinajstić information content (AvgIpc) is 3.24. The second-order valence-electron chi connectivity index (χ2n) is 6.63. The molecule has 0 spiro atoms. The van der Waals surface area contributed by atoms with E-state index in [4.69, 9.17) is 0 Å². The Labute approximate surface area is 150 Å². The summed E-state index contributed by atoms with van der Waals surface area (Å²) in [5.41, 5.74) is 2.69. The molecule has 3 aromatic rings. The third-order valence-corrected chi connectivity index (χ3v) is 4.58. The smallest absolute Gasteiger partial charge is 0.251 e. The molecule has 2 heterocycles. The number of imidazole rings is 1. The third kappa shape index (κ3) is 3.42. The number of carbonyl (C=O) groups is 2. The molecular weight excluding hydrogens is 330 g/mol. The Morgan fingerprint density at radius 3 is 2.69 bits per heavy atom. The van der Waals surface area contributed by atoms with Crippen LogP contribution >= 0.6 is 0 Å². The number of nitrogens with zero attached hydrogens (tertiary/aromatic N) is 2. The van der Waals surface area contributed by atoms with Gasteiger partial charge in [0.25, 0.3) is 5.91 Å². The maximum atomic E-state index is 12.3. The lowest BCUT2D eigenvalue weighted by molar-refractivity contribution is -0.117. The van der Waals surface area contributed by atoms with Gasteiger partial charge in [0.2, 0.25) is 5.91 Å². The van der Waals surface area contributed by atoms with Gasteiger partial charge in [0.1, 0.15) is 5.82 Å². The lowest BCUT2D eigenvalue weighted by atomic mass is 10.2. The van der Waals surface area contributed by atoms with E-state index < -0.39 is 0 Å². The molecule has 0 aliphatic heterocycles. The minimum atomic E-state index is -0.202. The van der Waals surface area contributed by atoms with Crippen LogP contribution in [0.2, 0.25) is 0 Å². The molecule has 7 heteroatoms. The van der Waals surface area contributed by atoms with Crippen molar-refractivity contribution in [2.75, 3.05) is 5.32 Å². The molecule has 2 amide bonds. The molecule has 1 saturated carbocycles. The summed E-state index contributed by atoms with van der Waals surface area (Å²) < 4.78 is 0. The Bertz CT molecular complexity index is 930. The van der Waals surface area contributed by atoms with Crippen molar-refractivity contribution in [1.82, 2.24) is 20.3 Å². The summed E-state index contributed by atoms with van der Waals surface area (Å²) in [6.45, 7) is 2.35. The van der Waals surface area contributed by atoms with Crippen LogP contribution in [-0.4, -0.2) is 26.8 Å². The summed E-state index contributed by atoms with van der Waals surface area (Å²) in [7, 11) is 0. The minimum Gasteiger partial charge on any atom is -0.345 e. The van der Waals surface area contributed by atoms with Crippen LogP contribution in [0.1, 0.15) is 29.5 Å². The first-order valence-corrected chi connectivity index (χ1v) is 8.59. The van der Waals surface area contributed by atoms with Crippen molar-refractivity contribution in [3.05, 3.63) is 54.0 Å². The molecule has 4 rings (SSSR count). The topological polar surface area (TPSA) is 99.8 Å². The minimum absolute atomic E-state index is 0.0493.